The Labute approximate surface area is 254 Å². The van der Waals surface area contributed by atoms with Crippen molar-refractivity contribution in [3.05, 3.63) is 47.0 Å². The van der Waals surface area contributed by atoms with E-state index in [9.17, 15) is 24.9 Å². The van der Waals surface area contributed by atoms with Gasteiger partial charge in [0.15, 0.2) is 11.9 Å². The number of rotatable bonds is 3. The number of aliphatic hydroxyl groups excluding tert-OH is 1. The summed E-state index contributed by atoms with van der Waals surface area (Å²) in [6.07, 6.45) is -2.49. The van der Waals surface area contributed by atoms with Gasteiger partial charge in [-0.15, -0.1) is 0 Å². The summed E-state index contributed by atoms with van der Waals surface area (Å²) in [6, 6.07) is 9.79. The molecule has 8 heteroatoms. The molecule has 1 aromatic carbocycles. The second-order valence-corrected chi connectivity index (χ2v) is 15.5. The van der Waals surface area contributed by atoms with Crippen LogP contribution >= 0.6 is 0 Å². The lowest BCUT2D eigenvalue weighted by Crippen LogP contribution is -2.77. The predicted octanol–water partition coefficient (Wildman–Crippen LogP) is 4.10. The van der Waals surface area contributed by atoms with Gasteiger partial charge in [-0.3, -0.25) is 4.79 Å². The largest absolute Gasteiger partial charge is 0.456 e. The molecular weight excluding hydrogens is 548 g/mol. The molecule has 0 spiro atoms. The average Bonchev–Trinajstić information content (AvgIpc) is 3.27. The maximum absolute atomic E-state index is 14.4. The zero-order valence-corrected chi connectivity index (χ0v) is 26.7. The smallest absolute Gasteiger partial charge is 0.336 e. The van der Waals surface area contributed by atoms with Crippen molar-refractivity contribution in [2.45, 2.75) is 122 Å². The van der Waals surface area contributed by atoms with E-state index in [1.54, 1.807) is 6.92 Å². The van der Waals surface area contributed by atoms with Gasteiger partial charge in [-0.2, -0.15) is 0 Å². The molecule has 2 bridgehead atoms. The number of benzene rings is 1. The summed E-state index contributed by atoms with van der Waals surface area (Å²) in [7, 11) is 0. The fraction of sp³-hybridized carbons (Fsp3) is 0.714. The van der Waals surface area contributed by atoms with E-state index in [0.717, 1.165) is 5.56 Å². The van der Waals surface area contributed by atoms with Crippen LogP contribution in [0.2, 0.25) is 0 Å². The number of ether oxygens (including phenoxy) is 3. The highest BCUT2D eigenvalue weighted by atomic mass is 16.6. The third kappa shape index (κ3) is 4.12. The molecule has 6 rings (SSSR count). The van der Waals surface area contributed by atoms with Gasteiger partial charge in [-0.1, -0.05) is 65.0 Å². The summed E-state index contributed by atoms with van der Waals surface area (Å²) in [5, 5.41) is 36.7. The number of hydrogen-bond acceptors (Lipinski definition) is 8. The van der Waals surface area contributed by atoms with Crippen molar-refractivity contribution >= 4 is 11.8 Å². The molecule has 2 saturated carbocycles. The molecule has 11 atom stereocenters. The van der Waals surface area contributed by atoms with Gasteiger partial charge in [0.25, 0.3) is 0 Å². The molecule has 0 amide bonds. The Kier molecular flexibility index (Phi) is 6.97. The monoisotopic (exact) mass is 596 g/mol. The Hall–Kier alpha value is -2.10. The van der Waals surface area contributed by atoms with E-state index in [-0.39, 0.29) is 30.6 Å². The van der Waals surface area contributed by atoms with Crippen LogP contribution in [0.3, 0.4) is 0 Å². The first-order valence-electron chi connectivity index (χ1n) is 15.8. The maximum Gasteiger partial charge on any atom is 0.336 e. The van der Waals surface area contributed by atoms with Crippen LogP contribution in [0.5, 0.6) is 0 Å². The van der Waals surface area contributed by atoms with Crippen molar-refractivity contribution in [2.24, 2.45) is 28.6 Å². The Morgan fingerprint density at radius 2 is 1.67 bits per heavy atom. The molecule has 7 unspecified atom stereocenters. The number of aliphatic hydroxyl groups is 3. The molecule has 5 aliphatic rings. The number of fused-ring (bicyclic) bond motifs is 5. The SMILES string of the molecule is CC1=C2C(O)C(=O)[C@@]3(C)C([C@H](C)C(O)(CC1OC(=O)[C@@H]1OC(C)(C)CC1c1ccccc1)C2(C)C)C1(O)COC1C[C@@H]3C. The van der Waals surface area contributed by atoms with Crippen LogP contribution in [-0.2, 0) is 23.8 Å². The quantitative estimate of drug-likeness (QED) is 0.352. The summed E-state index contributed by atoms with van der Waals surface area (Å²) >= 11 is 0. The van der Waals surface area contributed by atoms with Gasteiger partial charge in [0, 0.05) is 29.1 Å². The van der Waals surface area contributed by atoms with E-state index in [2.05, 4.69) is 0 Å². The molecule has 3 aliphatic carbocycles. The van der Waals surface area contributed by atoms with E-state index in [1.807, 2.05) is 78.8 Å². The van der Waals surface area contributed by atoms with Gasteiger partial charge in [0.05, 0.1) is 23.9 Å². The van der Waals surface area contributed by atoms with Gasteiger partial charge in [0.2, 0.25) is 0 Å². The average molecular weight is 597 g/mol. The number of Topliss-reactive ketones (excluding diaryl/α,β-unsaturated/α-hetero) is 1. The number of esters is 1. The highest BCUT2D eigenvalue weighted by molar-refractivity contribution is 5.93. The van der Waals surface area contributed by atoms with E-state index in [4.69, 9.17) is 14.2 Å². The van der Waals surface area contributed by atoms with Crippen molar-refractivity contribution < 1.29 is 39.1 Å². The summed E-state index contributed by atoms with van der Waals surface area (Å²) in [6.45, 7) is 15.2. The lowest BCUT2D eigenvalue weighted by atomic mass is 9.41. The number of carbonyl (C=O) groups excluding carboxylic acids is 2. The van der Waals surface area contributed by atoms with Crippen LogP contribution in [-0.4, -0.2) is 74.9 Å². The molecule has 3 N–H and O–H groups in total. The molecule has 236 valence electrons. The molecular formula is C35H48O8. The van der Waals surface area contributed by atoms with Gasteiger partial charge in [-0.25, -0.2) is 4.79 Å². The zero-order valence-electron chi connectivity index (χ0n) is 26.7. The first-order chi connectivity index (χ1) is 19.9. The van der Waals surface area contributed by atoms with Gasteiger partial charge in [0.1, 0.15) is 17.8 Å². The molecule has 0 aromatic heterocycles. The lowest BCUT2D eigenvalue weighted by molar-refractivity contribution is -0.329. The summed E-state index contributed by atoms with van der Waals surface area (Å²) in [4.78, 5) is 28.4. The normalized spacial score (nSPS) is 46.6. The maximum atomic E-state index is 14.4. The number of ketones is 1. The molecule has 4 fully saturated rings. The van der Waals surface area contributed by atoms with Crippen LogP contribution in [0.15, 0.2) is 41.5 Å². The Bertz CT molecular complexity index is 1350. The highest BCUT2D eigenvalue weighted by Crippen LogP contribution is 2.65. The van der Waals surface area contributed by atoms with Crippen molar-refractivity contribution in [3.63, 3.8) is 0 Å². The van der Waals surface area contributed by atoms with Crippen LogP contribution < -0.4 is 0 Å². The molecule has 0 radical (unpaired) electrons. The van der Waals surface area contributed by atoms with E-state index in [1.165, 1.54) is 0 Å². The second-order valence-electron chi connectivity index (χ2n) is 15.5. The predicted molar refractivity (Wildman–Crippen MR) is 159 cm³/mol. The van der Waals surface area contributed by atoms with Crippen molar-refractivity contribution in [3.8, 4) is 0 Å². The van der Waals surface area contributed by atoms with Gasteiger partial charge >= 0.3 is 5.97 Å². The van der Waals surface area contributed by atoms with Crippen LogP contribution in [0, 0.1) is 28.6 Å². The van der Waals surface area contributed by atoms with Crippen molar-refractivity contribution in [1.29, 1.82) is 0 Å². The Morgan fingerprint density at radius 3 is 2.28 bits per heavy atom. The third-order valence-electron chi connectivity index (χ3n) is 12.6. The molecule has 8 nitrogen and oxygen atoms in total. The Balaban J connectivity index is 1.41. The van der Waals surface area contributed by atoms with Gasteiger partial charge < -0.3 is 29.5 Å². The minimum atomic E-state index is -1.53. The number of carbonyl (C=O) groups is 2. The summed E-state index contributed by atoms with van der Waals surface area (Å²) in [5.74, 6) is -2.55. The van der Waals surface area contributed by atoms with E-state index in [0.29, 0.717) is 24.0 Å². The third-order valence-corrected chi connectivity index (χ3v) is 12.6. The minimum absolute atomic E-state index is 0.0673. The summed E-state index contributed by atoms with van der Waals surface area (Å²) < 4.78 is 18.3. The molecule has 2 aliphatic heterocycles. The molecule has 2 saturated heterocycles. The van der Waals surface area contributed by atoms with Crippen molar-refractivity contribution in [2.75, 3.05) is 6.61 Å². The van der Waals surface area contributed by atoms with Crippen molar-refractivity contribution in [1.82, 2.24) is 0 Å². The zero-order chi connectivity index (χ0) is 31.5. The minimum Gasteiger partial charge on any atom is -0.456 e. The first kappa shape index (κ1) is 30.9. The van der Waals surface area contributed by atoms with Crippen LogP contribution in [0.1, 0.15) is 86.1 Å². The molecule has 43 heavy (non-hydrogen) atoms. The first-order valence-corrected chi connectivity index (χ1v) is 15.8. The van der Waals surface area contributed by atoms with Crippen LogP contribution in [0.4, 0.5) is 0 Å². The van der Waals surface area contributed by atoms with E-state index < -0.39 is 69.9 Å². The van der Waals surface area contributed by atoms with Crippen LogP contribution in [0.25, 0.3) is 0 Å². The standard InChI is InChI=1S/C35H48O8/c1-18-14-24-34(39,17-41-24)28-20(3)35(40)16-23(19(2)25(32(35,6)7)26(36)29(37)33(18,28)8)42-30(38)27-22(15-31(4,5)43-27)21-12-10-9-11-13-21/h9-13,18,20,22-24,26-28,36,39-40H,14-17H2,1-8H3/t18-,20-,22?,23?,24?,26?,27+,28?,33+,34?,35?/m0/s1. The highest BCUT2D eigenvalue weighted by Gasteiger charge is 2.73. The lowest BCUT2D eigenvalue weighted by Gasteiger charge is -2.68. The number of hydrogen-bond donors (Lipinski definition) is 3. The second kappa shape index (κ2) is 9.70. The molecule has 1 aromatic rings. The molecule has 2 heterocycles. The topological polar surface area (TPSA) is 123 Å². The Morgan fingerprint density at radius 1 is 1.02 bits per heavy atom. The fourth-order valence-electron chi connectivity index (χ4n) is 9.93. The summed E-state index contributed by atoms with van der Waals surface area (Å²) in [5.41, 5.74) is -3.55. The van der Waals surface area contributed by atoms with E-state index >= 15 is 0 Å². The fourth-order valence-corrected chi connectivity index (χ4v) is 9.93. The van der Waals surface area contributed by atoms with Gasteiger partial charge in [-0.05, 0) is 62.2 Å².